The lowest BCUT2D eigenvalue weighted by Gasteiger charge is -2.39. The number of rotatable bonds is 10. The van der Waals surface area contributed by atoms with Gasteiger partial charge in [-0.15, -0.1) is 0 Å². The number of hydrogen-bond donors (Lipinski definition) is 1. The van der Waals surface area contributed by atoms with E-state index in [1.807, 2.05) is 0 Å². The molecule has 1 aliphatic heterocycles. The van der Waals surface area contributed by atoms with E-state index >= 15 is 0 Å². The highest BCUT2D eigenvalue weighted by atomic mass is 16.5. The lowest BCUT2D eigenvalue weighted by atomic mass is 9.75. The normalized spacial score (nSPS) is 21.9. The molecule has 0 unspecified atom stereocenters. The first-order valence-corrected chi connectivity index (χ1v) is 9.75. The Bertz CT molecular complexity index is 367. The number of amides is 1. The van der Waals surface area contributed by atoms with Gasteiger partial charge in [-0.2, -0.15) is 0 Å². The van der Waals surface area contributed by atoms with Gasteiger partial charge in [0, 0.05) is 19.6 Å². The Morgan fingerprint density at radius 2 is 2.00 bits per heavy atom. The number of carbonyl (C=O) groups excluding carboxylic acids is 1. The summed E-state index contributed by atoms with van der Waals surface area (Å²) in [6.07, 6.45) is 6.22. The summed E-state index contributed by atoms with van der Waals surface area (Å²) in [5.41, 5.74) is -0.0405. The second-order valence-electron chi connectivity index (χ2n) is 8.80. The van der Waals surface area contributed by atoms with Crippen LogP contribution in [-0.4, -0.2) is 50.2 Å². The zero-order chi connectivity index (χ0) is 18.2. The highest BCUT2D eigenvalue weighted by molar-refractivity contribution is 5.76. The second kappa shape index (κ2) is 10.4. The Labute approximate surface area is 149 Å². The summed E-state index contributed by atoms with van der Waals surface area (Å²) in [5, 5.41) is 3.12. The van der Waals surface area contributed by atoms with Crippen molar-refractivity contribution in [3.63, 3.8) is 0 Å². The number of ether oxygens (including phenoxy) is 1. The fourth-order valence-electron chi connectivity index (χ4n) is 3.67. The Hall–Kier alpha value is -0.610. The molecule has 1 fully saturated rings. The van der Waals surface area contributed by atoms with Gasteiger partial charge in [-0.05, 0) is 77.9 Å². The maximum atomic E-state index is 12.4. The summed E-state index contributed by atoms with van der Waals surface area (Å²) in [6, 6.07) is 0. The van der Waals surface area contributed by atoms with Gasteiger partial charge in [-0.3, -0.25) is 4.79 Å². The largest absolute Gasteiger partial charge is 0.376 e. The number of nitrogens with zero attached hydrogens (tertiary/aromatic N) is 1. The minimum atomic E-state index is -0.0405. The highest BCUT2D eigenvalue weighted by Gasteiger charge is 2.34. The molecule has 0 spiro atoms. The molecule has 0 aromatic heterocycles. The summed E-state index contributed by atoms with van der Waals surface area (Å²) in [6.45, 7) is 11.5. The molecular weight excluding hydrogens is 300 g/mol. The van der Waals surface area contributed by atoms with Crippen LogP contribution in [0.1, 0.15) is 66.2 Å². The van der Waals surface area contributed by atoms with E-state index in [0.29, 0.717) is 24.2 Å². The summed E-state index contributed by atoms with van der Waals surface area (Å²) >= 11 is 0. The monoisotopic (exact) mass is 340 g/mol. The maximum Gasteiger partial charge on any atom is 0.220 e. The van der Waals surface area contributed by atoms with E-state index in [0.717, 1.165) is 45.4 Å². The minimum absolute atomic E-state index is 0.0405. The van der Waals surface area contributed by atoms with Crippen LogP contribution in [0.15, 0.2) is 0 Å². The van der Waals surface area contributed by atoms with Crippen LogP contribution < -0.4 is 5.32 Å². The first-order chi connectivity index (χ1) is 11.2. The van der Waals surface area contributed by atoms with Crippen LogP contribution in [0.5, 0.6) is 0 Å². The fourth-order valence-corrected chi connectivity index (χ4v) is 3.67. The predicted octanol–water partition coefficient (Wildman–Crippen LogP) is 3.70. The molecule has 0 aromatic rings. The molecule has 1 rings (SSSR count). The predicted molar refractivity (Wildman–Crippen MR) is 101 cm³/mol. The molecule has 4 nitrogen and oxygen atoms in total. The van der Waals surface area contributed by atoms with Crippen molar-refractivity contribution in [2.75, 3.05) is 33.8 Å². The van der Waals surface area contributed by atoms with Crippen LogP contribution in [0.4, 0.5) is 0 Å². The topological polar surface area (TPSA) is 41.6 Å². The van der Waals surface area contributed by atoms with Crippen molar-refractivity contribution < 1.29 is 9.53 Å². The van der Waals surface area contributed by atoms with Gasteiger partial charge in [0.25, 0.3) is 0 Å². The molecule has 142 valence electrons. The Morgan fingerprint density at radius 1 is 1.29 bits per heavy atom. The number of hydrogen-bond acceptors (Lipinski definition) is 3. The second-order valence-corrected chi connectivity index (χ2v) is 8.80. The van der Waals surface area contributed by atoms with Gasteiger partial charge in [0.15, 0.2) is 0 Å². The molecule has 1 N–H and O–H groups in total. The SMILES string of the molecule is CC(C)CC[C@@H](CC(=O)NCCCN(C)C)[C@H]1CCOC(C)(C)C1. The minimum Gasteiger partial charge on any atom is -0.376 e. The van der Waals surface area contributed by atoms with Crippen molar-refractivity contribution in [2.24, 2.45) is 17.8 Å². The average Bonchev–Trinajstić information content (AvgIpc) is 2.46. The quantitative estimate of drug-likeness (QED) is 0.617. The summed E-state index contributed by atoms with van der Waals surface area (Å²) in [7, 11) is 4.13. The fraction of sp³-hybridized carbons (Fsp3) is 0.950. The van der Waals surface area contributed by atoms with Gasteiger partial charge in [0.2, 0.25) is 5.91 Å². The van der Waals surface area contributed by atoms with Crippen LogP contribution >= 0.6 is 0 Å². The Morgan fingerprint density at radius 3 is 2.58 bits per heavy atom. The van der Waals surface area contributed by atoms with Crippen molar-refractivity contribution in [3.05, 3.63) is 0 Å². The lowest BCUT2D eigenvalue weighted by Crippen LogP contribution is -2.38. The summed E-state index contributed by atoms with van der Waals surface area (Å²) in [4.78, 5) is 14.5. The van der Waals surface area contributed by atoms with Crippen molar-refractivity contribution in [3.8, 4) is 0 Å². The van der Waals surface area contributed by atoms with E-state index in [-0.39, 0.29) is 11.5 Å². The van der Waals surface area contributed by atoms with Gasteiger partial charge in [-0.1, -0.05) is 20.3 Å². The molecule has 24 heavy (non-hydrogen) atoms. The molecule has 0 saturated carbocycles. The molecule has 1 heterocycles. The smallest absolute Gasteiger partial charge is 0.220 e. The molecule has 0 aliphatic carbocycles. The van der Waals surface area contributed by atoms with E-state index < -0.39 is 0 Å². The highest BCUT2D eigenvalue weighted by Crippen LogP contribution is 2.37. The van der Waals surface area contributed by atoms with Crippen LogP contribution in [0, 0.1) is 17.8 Å². The molecule has 0 aromatic carbocycles. The van der Waals surface area contributed by atoms with Crippen LogP contribution in [-0.2, 0) is 9.53 Å². The molecule has 1 amide bonds. The first-order valence-electron chi connectivity index (χ1n) is 9.75. The van der Waals surface area contributed by atoms with Gasteiger partial charge in [-0.25, -0.2) is 0 Å². The molecular formula is C20H40N2O2. The summed E-state index contributed by atoms with van der Waals surface area (Å²) < 4.78 is 5.87. The third kappa shape index (κ3) is 9.03. The molecule has 4 heteroatoms. The zero-order valence-electron chi connectivity index (χ0n) is 16.9. The van der Waals surface area contributed by atoms with E-state index in [2.05, 4.69) is 52.0 Å². The lowest BCUT2D eigenvalue weighted by molar-refractivity contribution is -0.124. The third-order valence-electron chi connectivity index (χ3n) is 5.07. The molecule has 2 atom stereocenters. The number of nitrogens with one attached hydrogen (secondary N) is 1. The van der Waals surface area contributed by atoms with Gasteiger partial charge in [0.05, 0.1) is 5.60 Å². The summed E-state index contributed by atoms with van der Waals surface area (Å²) in [5.74, 6) is 2.03. The molecule has 0 bridgehead atoms. The van der Waals surface area contributed by atoms with E-state index in [4.69, 9.17) is 4.74 Å². The maximum absolute atomic E-state index is 12.4. The average molecular weight is 341 g/mol. The van der Waals surface area contributed by atoms with Crippen LogP contribution in [0.25, 0.3) is 0 Å². The molecule has 1 aliphatic rings. The Kier molecular flexibility index (Phi) is 9.28. The molecule has 0 radical (unpaired) electrons. The van der Waals surface area contributed by atoms with Crippen LogP contribution in [0.2, 0.25) is 0 Å². The van der Waals surface area contributed by atoms with Gasteiger partial charge in [0.1, 0.15) is 0 Å². The van der Waals surface area contributed by atoms with Gasteiger partial charge >= 0.3 is 0 Å². The zero-order valence-corrected chi connectivity index (χ0v) is 16.9. The van der Waals surface area contributed by atoms with Gasteiger partial charge < -0.3 is 15.0 Å². The van der Waals surface area contributed by atoms with E-state index in [9.17, 15) is 4.79 Å². The van der Waals surface area contributed by atoms with E-state index in [1.54, 1.807) is 0 Å². The van der Waals surface area contributed by atoms with Crippen LogP contribution in [0.3, 0.4) is 0 Å². The third-order valence-corrected chi connectivity index (χ3v) is 5.07. The van der Waals surface area contributed by atoms with E-state index in [1.165, 1.54) is 6.42 Å². The van der Waals surface area contributed by atoms with Crippen molar-refractivity contribution >= 4 is 5.91 Å². The Balaban J connectivity index is 2.50. The standard InChI is InChI=1S/C20H40N2O2/c1-16(2)8-9-17(18-10-13-24-20(3,4)15-18)14-19(23)21-11-7-12-22(5)6/h16-18H,7-15H2,1-6H3,(H,21,23)/t17-,18-/m0/s1. The first kappa shape index (κ1) is 21.4. The number of carbonyl (C=O) groups is 1. The molecule has 1 saturated heterocycles. The van der Waals surface area contributed by atoms with Crippen molar-refractivity contribution in [1.29, 1.82) is 0 Å². The van der Waals surface area contributed by atoms with Crippen molar-refractivity contribution in [1.82, 2.24) is 10.2 Å². The van der Waals surface area contributed by atoms with Crippen molar-refractivity contribution in [2.45, 2.75) is 71.8 Å².